The molecule has 0 amide bonds. The van der Waals surface area contributed by atoms with Gasteiger partial charge < -0.3 is 10.1 Å². The van der Waals surface area contributed by atoms with E-state index in [1.807, 2.05) is 6.07 Å². The lowest BCUT2D eigenvalue weighted by atomic mass is 9.70. The topological polar surface area (TPSA) is 24.5 Å². The first-order chi connectivity index (χ1) is 11.8. The minimum atomic E-state index is 0.114. The van der Waals surface area contributed by atoms with Crippen molar-refractivity contribution in [1.29, 1.82) is 0 Å². The maximum Gasteiger partial charge on any atom is 0.119 e. The van der Waals surface area contributed by atoms with Crippen LogP contribution in [0.5, 0.6) is 5.75 Å². The summed E-state index contributed by atoms with van der Waals surface area (Å²) < 4.78 is 5.51. The van der Waals surface area contributed by atoms with Crippen molar-refractivity contribution in [2.24, 2.45) is 0 Å². The summed E-state index contributed by atoms with van der Waals surface area (Å²) in [7, 11) is 1.74. The smallest absolute Gasteiger partial charge is 0.119 e. The predicted molar refractivity (Wildman–Crippen MR) is 111 cm³/mol. The van der Waals surface area contributed by atoms with Gasteiger partial charge in [-0.1, -0.05) is 25.6 Å². The zero-order valence-electron chi connectivity index (χ0n) is 16.7. The first-order valence-corrected chi connectivity index (χ1v) is 9.98. The molecule has 4 heteroatoms. The molecule has 140 valence electrons. The Morgan fingerprint density at radius 3 is 2.44 bits per heavy atom. The van der Waals surface area contributed by atoms with E-state index in [-0.39, 0.29) is 5.41 Å². The Morgan fingerprint density at radius 2 is 1.88 bits per heavy atom. The molecule has 1 atom stereocenters. The normalized spacial score (nSPS) is 20.1. The van der Waals surface area contributed by atoms with Crippen LogP contribution in [0.25, 0.3) is 0 Å². The molecule has 1 N–H and O–H groups in total. The largest absolute Gasteiger partial charge is 0.497 e. The van der Waals surface area contributed by atoms with Gasteiger partial charge in [-0.15, -0.1) is 0 Å². The van der Waals surface area contributed by atoms with Gasteiger partial charge in [0.05, 0.1) is 7.11 Å². The molecular weight excluding hydrogens is 328 g/mol. The number of nitrogens with zero attached hydrogens (tertiary/aromatic N) is 1. The van der Waals surface area contributed by atoms with Crippen LogP contribution in [0.1, 0.15) is 65.0 Å². The van der Waals surface area contributed by atoms with E-state index in [9.17, 15) is 0 Å². The van der Waals surface area contributed by atoms with Gasteiger partial charge >= 0.3 is 0 Å². The summed E-state index contributed by atoms with van der Waals surface area (Å²) in [5, 5.41) is 3.51. The zero-order valence-corrected chi connectivity index (χ0v) is 17.5. The van der Waals surface area contributed by atoms with Crippen molar-refractivity contribution in [3.05, 3.63) is 29.3 Å². The highest BCUT2D eigenvalue weighted by Gasteiger charge is 2.38. The summed E-state index contributed by atoms with van der Waals surface area (Å²) in [5.74, 6) is 0.925. The van der Waals surface area contributed by atoms with Gasteiger partial charge in [-0.3, -0.25) is 4.90 Å². The van der Waals surface area contributed by atoms with Crippen molar-refractivity contribution in [2.75, 3.05) is 20.2 Å². The first kappa shape index (κ1) is 20.2. The summed E-state index contributed by atoms with van der Waals surface area (Å²) in [4.78, 5) is 3.46. The lowest BCUT2D eigenvalue weighted by molar-refractivity contribution is 0.152. The first-order valence-electron chi connectivity index (χ1n) is 9.57. The Morgan fingerprint density at radius 1 is 1.20 bits per heavy atom. The Bertz CT molecular complexity index is 592. The summed E-state index contributed by atoms with van der Waals surface area (Å²) in [6.07, 6.45) is 3.45. The highest BCUT2D eigenvalue weighted by atomic mass is 32.1. The second-order valence-corrected chi connectivity index (χ2v) is 8.21. The minimum absolute atomic E-state index is 0.114. The molecule has 0 aliphatic carbocycles. The molecule has 25 heavy (non-hydrogen) atoms. The monoisotopic (exact) mass is 362 g/mol. The number of methoxy groups -OCH3 is 1. The van der Waals surface area contributed by atoms with Gasteiger partial charge in [-0.25, -0.2) is 0 Å². The second-order valence-electron chi connectivity index (χ2n) is 7.80. The van der Waals surface area contributed by atoms with Gasteiger partial charge in [0.1, 0.15) is 10.7 Å². The number of fused-ring (bicyclic) bond motifs is 1. The third kappa shape index (κ3) is 4.35. The van der Waals surface area contributed by atoms with Crippen LogP contribution in [0.4, 0.5) is 0 Å². The Balaban J connectivity index is 2.39. The molecular formula is C21H34N2OS. The van der Waals surface area contributed by atoms with E-state index in [1.54, 1.807) is 7.11 Å². The fourth-order valence-corrected chi connectivity index (χ4v) is 4.48. The Labute approximate surface area is 159 Å². The van der Waals surface area contributed by atoms with Crippen LogP contribution < -0.4 is 10.1 Å². The molecule has 1 aliphatic heterocycles. The lowest BCUT2D eigenvalue weighted by Gasteiger charge is -2.42. The van der Waals surface area contributed by atoms with Crippen molar-refractivity contribution >= 4 is 17.2 Å². The average molecular weight is 363 g/mol. The maximum atomic E-state index is 5.58. The van der Waals surface area contributed by atoms with E-state index in [2.05, 4.69) is 57.0 Å². The van der Waals surface area contributed by atoms with Crippen LogP contribution in [-0.2, 0) is 5.41 Å². The summed E-state index contributed by atoms with van der Waals surface area (Å²) in [6, 6.07) is 7.47. The summed E-state index contributed by atoms with van der Waals surface area (Å²) in [5.41, 5.74) is 2.66. The predicted octanol–water partition coefficient (Wildman–Crippen LogP) is 4.52. The molecule has 1 aromatic rings. The highest BCUT2D eigenvalue weighted by molar-refractivity contribution is 7.80. The molecule has 0 aromatic heterocycles. The van der Waals surface area contributed by atoms with Crippen LogP contribution in [0, 0.1) is 0 Å². The minimum Gasteiger partial charge on any atom is -0.497 e. The standard InChI is InChI=1S/C21H34N2OS/c1-7-10-21(11-12-23(15(2)3)16(4)5)14-22-20(25)18-9-8-17(24-6)13-19(18)21/h8-9,13,15-16H,7,10-12,14H2,1-6H3,(H,22,25). The summed E-state index contributed by atoms with van der Waals surface area (Å²) >= 11 is 5.58. The third-order valence-electron chi connectivity index (χ3n) is 5.53. The van der Waals surface area contributed by atoms with E-state index in [1.165, 1.54) is 11.1 Å². The van der Waals surface area contributed by atoms with Crippen molar-refractivity contribution < 1.29 is 4.74 Å². The van der Waals surface area contributed by atoms with Crippen molar-refractivity contribution in [3.63, 3.8) is 0 Å². The number of nitrogens with one attached hydrogen (secondary N) is 1. The van der Waals surface area contributed by atoms with E-state index in [0.29, 0.717) is 12.1 Å². The quantitative estimate of drug-likeness (QED) is 0.687. The van der Waals surface area contributed by atoms with Gasteiger partial charge in [0.15, 0.2) is 0 Å². The van der Waals surface area contributed by atoms with Crippen molar-refractivity contribution in [1.82, 2.24) is 10.2 Å². The molecule has 0 spiro atoms. The van der Waals surface area contributed by atoms with Gasteiger partial charge in [-0.2, -0.15) is 0 Å². The Kier molecular flexibility index (Phi) is 6.86. The van der Waals surface area contributed by atoms with Crippen molar-refractivity contribution in [3.8, 4) is 5.75 Å². The van der Waals surface area contributed by atoms with Crippen LogP contribution in [0.2, 0.25) is 0 Å². The van der Waals surface area contributed by atoms with Gasteiger partial charge in [0, 0.05) is 29.6 Å². The summed E-state index contributed by atoms with van der Waals surface area (Å²) in [6.45, 7) is 13.5. The van der Waals surface area contributed by atoms with Crippen LogP contribution in [-0.4, -0.2) is 42.2 Å². The number of thiocarbonyl (C=S) groups is 1. The van der Waals surface area contributed by atoms with Gasteiger partial charge in [0.25, 0.3) is 0 Å². The molecule has 0 saturated heterocycles. The fraction of sp³-hybridized carbons (Fsp3) is 0.667. The molecule has 3 nitrogen and oxygen atoms in total. The Hall–Kier alpha value is -1.13. The molecule has 0 saturated carbocycles. The van der Waals surface area contributed by atoms with Crippen molar-refractivity contribution in [2.45, 2.75) is 71.4 Å². The highest BCUT2D eigenvalue weighted by Crippen LogP contribution is 2.39. The molecule has 2 rings (SSSR count). The lowest BCUT2D eigenvalue weighted by Crippen LogP contribution is -2.49. The molecule has 0 bridgehead atoms. The van der Waals surface area contributed by atoms with E-state index >= 15 is 0 Å². The number of benzene rings is 1. The van der Waals surface area contributed by atoms with Crippen LogP contribution >= 0.6 is 12.2 Å². The van der Waals surface area contributed by atoms with Gasteiger partial charge in [0.2, 0.25) is 0 Å². The van der Waals surface area contributed by atoms with E-state index in [0.717, 1.165) is 43.1 Å². The van der Waals surface area contributed by atoms with Gasteiger partial charge in [-0.05, 0) is 70.8 Å². The van der Waals surface area contributed by atoms with E-state index in [4.69, 9.17) is 17.0 Å². The molecule has 0 fully saturated rings. The molecule has 1 aromatic carbocycles. The average Bonchev–Trinajstić information content (AvgIpc) is 2.57. The third-order valence-corrected chi connectivity index (χ3v) is 5.90. The molecule has 0 radical (unpaired) electrons. The number of ether oxygens (including phenoxy) is 1. The molecule has 1 heterocycles. The molecule has 1 aliphatic rings. The van der Waals surface area contributed by atoms with E-state index < -0.39 is 0 Å². The second kappa shape index (κ2) is 8.50. The fourth-order valence-electron chi connectivity index (χ4n) is 4.23. The molecule has 1 unspecified atom stereocenters. The number of hydrogen-bond acceptors (Lipinski definition) is 3. The zero-order chi connectivity index (χ0) is 18.6. The number of hydrogen-bond donors (Lipinski definition) is 1. The SMILES string of the molecule is CCCC1(CCN(C(C)C)C(C)C)CNC(=S)c2ccc(OC)cc21. The maximum absolute atomic E-state index is 5.58. The van der Waals surface area contributed by atoms with Crippen LogP contribution in [0.3, 0.4) is 0 Å². The van der Waals surface area contributed by atoms with Crippen LogP contribution in [0.15, 0.2) is 18.2 Å². The number of rotatable bonds is 8.